The Morgan fingerprint density at radius 1 is 1.14 bits per heavy atom. The third-order valence-electron chi connectivity index (χ3n) is 4.99. The Bertz CT molecular complexity index is 300. The number of hydrogen-bond donors (Lipinski definition) is 1. The zero-order valence-electron chi connectivity index (χ0n) is 14.6. The fourth-order valence-corrected chi connectivity index (χ4v) is 3.55. The lowest BCUT2D eigenvalue weighted by Crippen LogP contribution is -2.56. The van der Waals surface area contributed by atoms with Crippen molar-refractivity contribution in [3.63, 3.8) is 0 Å². The van der Waals surface area contributed by atoms with E-state index in [0.29, 0.717) is 11.0 Å². The quantitative estimate of drug-likeness (QED) is 0.757. The SMILES string of the molecule is CCCNCC1(CN2CCN(C(C)(C)C)CC2)CCOC1. The molecule has 2 rings (SSSR count). The molecule has 0 saturated carbocycles. The van der Waals surface area contributed by atoms with Crippen LogP contribution in [0, 0.1) is 5.41 Å². The molecule has 21 heavy (non-hydrogen) atoms. The molecule has 2 aliphatic rings. The number of hydrogen-bond acceptors (Lipinski definition) is 4. The van der Waals surface area contributed by atoms with Crippen molar-refractivity contribution in [2.24, 2.45) is 5.41 Å². The molecular formula is C17H35N3O. The van der Waals surface area contributed by atoms with Crippen LogP contribution in [0.4, 0.5) is 0 Å². The van der Waals surface area contributed by atoms with Gasteiger partial charge in [0, 0.05) is 56.8 Å². The average molecular weight is 297 g/mol. The number of rotatable bonds is 6. The summed E-state index contributed by atoms with van der Waals surface area (Å²) in [7, 11) is 0. The van der Waals surface area contributed by atoms with Crippen LogP contribution < -0.4 is 5.32 Å². The van der Waals surface area contributed by atoms with Gasteiger partial charge in [-0.3, -0.25) is 4.90 Å². The maximum Gasteiger partial charge on any atom is 0.0547 e. The van der Waals surface area contributed by atoms with Crippen molar-refractivity contribution in [1.82, 2.24) is 15.1 Å². The topological polar surface area (TPSA) is 27.7 Å². The van der Waals surface area contributed by atoms with Crippen LogP contribution in [0.5, 0.6) is 0 Å². The number of nitrogens with one attached hydrogen (secondary N) is 1. The summed E-state index contributed by atoms with van der Waals surface area (Å²) in [5.41, 5.74) is 0.655. The van der Waals surface area contributed by atoms with E-state index in [0.717, 1.165) is 26.3 Å². The van der Waals surface area contributed by atoms with Gasteiger partial charge >= 0.3 is 0 Å². The van der Waals surface area contributed by atoms with E-state index in [9.17, 15) is 0 Å². The predicted octanol–water partition coefficient (Wildman–Crippen LogP) is 1.81. The Kier molecular flexibility index (Phi) is 6.06. The molecule has 2 fully saturated rings. The summed E-state index contributed by atoms with van der Waals surface area (Å²) in [6.45, 7) is 19.3. The van der Waals surface area contributed by atoms with E-state index < -0.39 is 0 Å². The molecule has 0 aromatic rings. The molecule has 1 N–H and O–H groups in total. The normalized spacial score (nSPS) is 29.1. The Labute approximate surface area is 131 Å². The number of piperazine rings is 1. The summed E-state index contributed by atoms with van der Waals surface area (Å²) in [5.74, 6) is 0. The summed E-state index contributed by atoms with van der Waals surface area (Å²) in [4.78, 5) is 5.27. The van der Waals surface area contributed by atoms with Crippen molar-refractivity contribution in [1.29, 1.82) is 0 Å². The largest absolute Gasteiger partial charge is 0.381 e. The highest BCUT2D eigenvalue weighted by molar-refractivity contribution is 4.91. The van der Waals surface area contributed by atoms with Crippen LogP contribution in [-0.2, 0) is 4.74 Å². The lowest BCUT2D eigenvalue weighted by Gasteiger charge is -2.44. The van der Waals surface area contributed by atoms with Crippen molar-refractivity contribution in [3.8, 4) is 0 Å². The highest BCUT2D eigenvalue weighted by Gasteiger charge is 2.37. The van der Waals surface area contributed by atoms with E-state index in [1.807, 2.05) is 0 Å². The Hall–Kier alpha value is -0.160. The molecule has 0 aliphatic carbocycles. The lowest BCUT2D eigenvalue weighted by molar-refractivity contribution is 0.0352. The minimum atomic E-state index is 0.308. The van der Waals surface area contributed by atoms with Gasteiger partial charge in [0.15, 0.2) is 0 Å². The van der Waals surface area contributed by atoms with Gasteiger partial charge in [0.25, 0.3) is 0 Å². The number of ether oxygens (including phenoxy) is 1. The fraction of sp³-hybridized carbons (Fsp3) is 1.00. The molecule has 2 heterocycles. The minimum Gasteiger partial charge on any atom is -0.381 e. The van der Waals surface area contributed by atoms with Gasteiger partial charge in [-0.1, -0.05) is 6.92 Å². The maximum absolute atomic E-state index is 5.73. The molecule has 0 aromatic carbocycles. The van der Waals surface area contributed by atoms with Crippen LogP contribution >= 0.6 is 0 Å². The van der Waals surface area contributed by atoms with E-state index in [2.05, 4.69) is 42.8 Å². The second-order valence-corrected chi connectivity index (χ2v) is 7.91. The van der Waals surface area contributed by atoms with Gasteiger partial charge in [-0.05, 0) is 40.2 Å². The molecule has 0 bridgehead atoms. The summed E-state index contributed by atoms with van der Waals surface area (Å²) in [6.07, 6.45) is 2.42. The van der Waals surface area contributed by atoms with Gasteiger partial charge in [0.2, 0.25) is 0 Å². The van der Waals surface area contributed by atoms with E-state index in [4.69, 9.17) is 4.74 Å². The molecule has 4 heteroatoms. The van der Waals surface area contributed by atoms with Crippen molar-refractivity contribution >= 4 is 0 Å². The third kappa shape index (κ3) is 4.92. The second kappa shape index (κ2) is 7.40. The third-order valence-corrected chi connectivity index (χ3v) is 4.99. The van der Waals surface area contributed by atoms with E-state index in [-0.39, 0.29) is 0 Å². The van der Waals surface area contributed by atoms with E-state index in [1.54, 1.807) is 0 Å². The molecule has 0 aromatic heterocycles. The summed E-state index contributed by atoms with van der Waals surface area (Å²) in [5, 5.41) is 3.62. The first-order valence-electron chi connectivity index (χ1n) is 8.71. The first-order valence-corrected chi connectivity index (χ1v) is 8.71. The number of nitrogens with zero attached hydrogens (tertiary/aromatic N) is 2. The molecule has 1 atom stereocenters. The molecule has 0 radical (unpaired) electrons. The molecular weight excluding hydrogens is 262 g/mol. The van der Waals surface area contributed by atoms with Crippen LogP contribution in [0.1, 0.15) is 40.5 Å². The van der Waals surface area contributed by atoms with Crippen molar-refractivity contribution in [2.45, 2.75) is 46.1 Å². The maximum atomic E-state index is 5.73. The molecule has 1 unspecified atom stereocenters. The molecule has 4 nitrogen and oxygen atoms in total. The van der Waals surface area contributed by atoms with Crippen molar-refractivity contribution < 1.29 is 4.74 Å². The van der Waals surface area contributed by atoms with Gasteiger partial charge in [0.05, 0.1) is 6.61 Å². The second-order valence-electron chi connectivity index (χ2n) is 7.91. The Morgan fingerprint density at radius 3 is 2.38 bits per heavy atom. The monoisotopic (exact) mass is 297 g/mol. The van der Waals surface area contributed by atoms with Gasteiger partial charge < -0.3 is 15.0 Å². The van der Waals surface area contributed by atoms with Crippen molar-refractivity contribution in [2.75, 3.05) is 59.0 Å². The first-order chi connectivity index (χ1) is 9.95. The highest BCUT2D eigenvalue weighted by Crippen LogP contribution is 2.30. The van der Waals surface area contributed by atoms with Gasteiger partial charge in [-0.15, -0.1) is 0 Å². The van der Waals surface area contributed by atoms with Crippen LogP contribution in [-0.4, -0.2) is 74.4 Å². The summed E-state index contributed by atoms with van der Waals surface area (Å²) >= 11 is 0. The average Bonchev–Trinajstić information content (AvgIpc) is 2.87. The molecule has 124 valence electrons. The van der Waals surface area contributed by atoms with E-state index in [1.165, 1.54) is 45.6 Å². The molecule has 0 amide bonds. The molecule has 2 aliphatic heterocycles. The Balaban J connectivity index is 1.82. The lowest BCUT2D eigenvalue weighted by atomic mass is 9.86. The van der Waals surface area contributed by atoms with Gasteiger partial charge in [0.1, 0.15) is 0 Å². The highest BCUT2D eigenvalue weighted by atomic mass is 16.5. The summed E-state index contributed by atoms with van der Waals surface area (Å²) in [6, 6.07) is 0. The predicted molar refractivity (Wildman–Crippen MR) is 88.8 cm³/mol. The first kappa shape index (κ1) is 17.2. The van der Waals surface area contributed by atoms with E-state index >= 15 is 0 Å². The summed E-state index contributed by atoms with van der Waals surface area (Å²) < 4.78 is 5.73. The fourth-order valence-electron chi connectivity index (χ4n) is 3.55. The smallest absolute Gasteiger partial charge is 0.0547 e. The van der Waals surface area contributed by atoms with Crippen molar-refractivity contribution in [3.05, 3.63) is 0 Å². The van der Waals surface area contributed by atoms with Crippen LogP contribution in [0.3, 0.4) is 0 Å². The van der Waals surface area contributed by atoms with Crippen LogP contribution in [0.15, 0.2) is 0 Å². The van der Waals surface area contributed by atoms with Gasteiger partial charge in [-0.25, -0.2) is 0 Å². The van der Waals surface area contributed by atoms with Crippen LogP contribution in [0.2, 0.25) is 0 Å². The minimum absolute atomic E-state index is 0.308. The Morgan fingerprint density at radius 2 is 1.86 bits per heavy atom. The molecule has 2 saturated heterocycles. The van der Waals surface area contributed by atoms with Gasteiger partial charge in [-0.2, -0.15) is 0 Å². The zero-order chi connectivity index (χ0) is 15.3. The van der Waals surface area contributed by atoms with Crippen LogP contribution in [0.25, 0.3) is 0 Å². The standard InChI is InChI=1S/C17H35N3O/c1-5-7-18-13-17(6-12-21-15-17)14-19-8-10-20(11-9-19)16(2,3)4/h18H,5-15H2,1-4H3. The zero-order valence-corrected chi connectivity index (χ0v) is 14.6. The molecule has 0 spiro atoms.